The Hall–Kier alpha value is -1.44. The lowest BCUT2D eigenvalue weighted by Crippen LogP contribution is -2.36. The summed E-state index contributed by atoms with van der Waals surface area (Å²) in [4.78, 5) is 15.3. The fourth-order valence-electron chi connectivity index (χ4n) is 3.75. The highest BCUT2D eigenvalue weighted by Crippen LogP contribution is 2.32. The number of carbonyl (C=O) groups excluding carboxylic acids is 1. The van der Waals surface area contributed by atoms with Crippen LogP contribution in [-0.2, 0) is 27.2 Å². The molecule has 7 heteroatoms. The van der Waals surface area contributed by atoms with Crippen molar-refractivity contribution in [2.75, 3.05) is 33.4 Å². The minimum atomic E-state index is -0.193. The standard InChI is InChI=1S/C19H31N3O4/c1-13-12-15-16(14(2)26-13)20-22(9-10-24-5)17(15)18(23)21-7-6-19(3,4)25-11-8-21/h13-14H,6-12H2,1-5H3/t13-,14+/m0/s1. The van der Waals surface area contributed by atoms with E-state index in [1.54, 1.807) is 7.11 Å². The van der Waals surface area contributed by atoms with E-state index < -0.39 is 0 Å². The molecule has 146 valence electrons. The summed E-state index contributed by atoms with van der Waals surface area (Å²) in [5.74, 6) is 0.0393. The summed E-state index contributed by atoms with van der Waals surface area (Å²) >= 11 is 0. The third-order valence-electron chi connectivity index (χ3n) is 5.23. The Bertz CT molecular complexity index is 655. The zero-order chi connectivity index (χ0) is 18.9. The number of carbonyl (C=O) groups is 1. The molecule has 7 nitrogen and oxygen atoms in total. The number of nitrogens with zero attached hydrogens (tertiary/aromatic N) is 3. The lowest BCUT2D eigenvalue weighted by atomic mass is 9.99. The summed E-state index contributed by atoms with van der Waals surface area (Å²) in [5, 5.41) is 4.70. The van der Waals surface area contributed by atoms with Crippen molar-refractivity contribution in [3.05, 3.63) is 17.0 Å². The molecule has 1 saturated heterocycles. The molecule has 2 atom stereocenters. The number of hydrogen-bond donors (Lipinski definition) is 0. The van der Waals surface area contributed by atoms with Crippen molar-refractivity contribution in [1.29, 1.82) is 0 Å². The minimum absolute atomic E-state index is 0.0393. The summed E-state index contributed by atoms with van der Waals surface area (Å²) in [6, 6.07) is 0. The maximum Gasteiger partial charge on any atom is 0.272 e. The summed E-state index contributed by atoms with van der Waals surface area (Å²) in [5.41, 5.74) is 2.41. The highest BCUT2D eigenvalue weighted by Gasteiger charge is 2.35. The fourth-order valence-corrected chi connectivity index (χ4v) is 3.75. The van der Waals surface area contributed by atoms with E-state index in [4.69, 9.17) is 19.3 Å². The van der Waals surface area contributed by atoms with Gasteiger partial charge in [0.2, 0.25) is 0 Å². The zero-order valence-electron chi connectivity index (χ0n) is 16.6. The van der Waals surface area contributed by atoms with Gasteiger partial charge >= 0.3 is 0 Å². The Morgan fingerprint density at radius 2 is 2.12 bits per heavy atom. The molecule has 1 aromatic heterocycles. The number of ether oxygens (including phenoxy) is 3. The van der Waals surface area contributed by atoms with E-state index in [1.165, 1.54) is 0 Å². The molecule has 1 fully saturated rings. The van der Waals surface area contributed by atoms with E-state index in [2.05, 4.69) is 13.8 Å². The van der Waals surface area contributed by atoms with E-state index in [9.17, 15) is 4.79 Å². The lowest BCUT2D eigenvalue weighted by Gasteiger charge is -2.26. The first-order chi connectivity index (χ1) is 12.3. The number of aromatic nitrogens is 2. The molecular formula is C19H31N3O4. The van der Waals surface area contributed by atoms with Crippen molar-refractivity contribution in [2.24, 2.45) is 0 Å². The normalized spacial score (nSPS) is 25.7. The van der Waals surface area contributed by atoms with Gasteiger partial charge in [-0.25, -0.2) is 0 Å². The first-order valence-corrected chi connectivity index (χ1v) is 9.49. The van der Waals surface area contributed by atoms with Crippen molar-refractivity contribution in [1.82, 2.24) is 14.7 Å². The molecule has 0 unspecified atom stereocenters. The highest BCUT2D eigenvalue weighted by atomic mass is 16.5. The molecule has 0 aromatic carbocycles. The van der Waals surface area contributed by atoms with E-state index >= 15 is 0 Å². The monoisotopic (exact) mass is 365 g/mol. The lowest BCUT2D eigenvalue weighted by molar-refractivity contribution is -0.00876. The van der Waals surface area contributed by atoms with Gasteiger partial charge in [-0.2, -0.15) is 5.10 Å². The van der Waals surface area contributed by atoms with Gasteiger partial charge in [-0.05, 0) is 34.1 Å². The number of methoxy groups -OCH3 is 1. The molecule has 0 saturated carbocycles. The van der Waals surface area contributed by atoms with E-state index in [-0.39, 0.29) is 23.7 Å². The van der Waals surface area contributed by atoms with Crippen LogP contribution in [0.4, 0.5) is 0 Å². The predicted octanol–water partition coefficient (Wildman–Crippen LogP) is 2.19. The predicted molar refractivity (Wildman–Crippen MR) is 97.3 cm³/mol. The minimum Gasteiger partial charge on any atom is -0.383 e. The van der Waals surface area contributed by atoms with Crippen LogP contribution in [0.2, 0.25) is 0 Å². The van der Waals surface area contributed by atoms with Gasteiger partial charge in [-0.1, -0.05) is 0 Å². The van der Waals surface area contributed by atoms with Crippen LogP contribution in [0.5, 0.6) is 0 Å². The fraction of sp³-hybridized carbons (Fsp3) is 0.789. The van der Waals surface area contributed by atoms with Crippen molar-refractivity contribution in [2.45, 2.75) is 64.9 Å². The summed E-state index contributed by atoms with van der Waals surface area (Å²) in [6.07, 6.45) is 1.51. The van der Waals surface area contributed by atoms with Gasteiger partial charge in [-0.15, -0.1) is 0 Å². The average molecular weight is 365 g/mol. The smallest absolute Gasteiger partial charge is 0.272 e. The Labute approximate surface area is 155 Å². The third-order valence-corrected chi connectivity index (χ3v) is 5.23. The van der Waals surface area contributed by atoms with Gasteiger partial charge in [-0.3, -0.25) is 9.48 Å². The second kappa shape index (κ2) is 7.66. The summed E-state index contributed by atoms with van der Waals surface area (Å²) in [7, 11) is 1.66. The van der Waals surface area contributed by atoms with Gasteiger partial charge in [0.1, 0.15) is 5.69 Å². The molecule has 1 aromatic rings. The first-order valence-electron chi connectivity index (χ1n) is 9.49. The topological polar surface area (TPSA) is 65.8 Å². The van der Waals surface area contributed by atoms with Crippen molar-refractivity contribution in [3.8, 4) is 0 Å². The molecule has 0 bridgehead atoms. The molecule has 26 heavy (non-hydrogen) atoms. The Balaban J connectivity index is 1.93. The van der Waals surface area contributed by atoms with Crippen LogP contribution in [0, 0.1) is 0 Å². The summed E-state index contributed by atoms with van der Waals surface area (Å²) in [6.45, 7) is 11.1. The largest absolute Gasteiger partial charge is 0.383 e. The number of rotatable bonds is 4. The van der Waals surface area contributed by atoms with E-state index in [0.29, 0.717) is 45.0 Å². The SMILES string of the molecule is COCCn1nc2c(c1C(=O)N1CCOC(C)(C)CC1)C[C@H](C)O[C@@H]2C. The number of fused-ring (bicyclic) bond motifs is 1. The van der Waals surface area contributed by atoms with Gasteiger partial charge < -0.3 is 19.1 Å². The Kier molecular flexibility index (Phi) is 5.69. The number of hydrogen-bond acceptors (Lipinski definition) is 5. The number of amides is 1. The van der Waals surface area contributed by atoms with Crippen molar-refractivity contribution < 1.29 is 19.0 Å². The Morgan fingerprint density at radius 3 is 2.85 bits per heavy atom. The maximum atomic E-state index is 13.4. The molecular weight excluding hydrogens is 334 g/mol. The highest BCUT2D eigenvalue weighted by molar-refractivity contribution is 5.94. The Morgan fingerprint density at radius 1 is 1.35 bits per heavy atom. The molecule has 0 aliphatic carbocycles. The van der Waals surface area contributed by atoms with Gasteiger partial charge in [0.25, 0.3) is 5.91 Å². The van der Waals surface area contributed by atoms with Crippen LogP contribution in [0.1, 0.15) is 62.0 Å². The van der Waals surface area contributed by atoms with Crippen LogP contribution >= 0.6 is 0 Å². The molecule has 2 aliphatic heterocycles. The molecule has 2 aliphatic rings. The van der Waals surface area contributed by atoms with Crippen LogP contribution in [0.15, 0.2) is 0 Å². The van der Waals surface area contributed by atoms with Crippen LogP contribution in [0.3, 0.4) is 0 Å². The zero-order valence-corrected chi connectivity index (χ0v) is 16.6. The van der Waals surface area contributed by atoms with E-state index in [1.807, 2.05) is 23.4 Å². The van der Waals surface area contributed by atoms with Gasteiger partial charge in [0.05, 0.1) is 43.3 Å². The molecule has 1 amide bonds. The van der Waals surface area contributed by atoms with Gasteiger partial charge in [0, 0.05) is 32.2 Å². The second-order valence-electron chi connectivity index (χ2n) is 7.87. The quantitative estimate of drug-likeness (QED) is 0.818. The van der Waals surface area contributed by atoms with Crippen LogP contribution < -0.4 is 0 Å². The van der Waals surface area contributed by atoms with Crippen LogP contribution in [0.25, 0.3) is 0 Å². The maximum absolute atomic E-state index is 13.4. The molecule has 0 spiro atoms. The first kappa shape index (κ1) is 19.3. The average Bonchev–Trinajstić information content (AvgIpc) is 2.83. The molecule has 0 N–H and O–H groups in total. The second-order valence-corrected chi connectivity index (χ2v) is 7.87. The molecule has 3 heterocycles. The van der Waals surface area contributed by atoms with Crippen molar-refractivity contribution in [3.63, 3.8) is 0 Å². The molecule has 3 rings (SSSR count). The molecule has 0 radical (unpaired) electrons. The van der Waals surface area contributed by atoms with E-state index in [0.717, 1.165) is 17.7 Å². The van der Waals surface area contributed by atoms with Gasteiger partial charge in [0.15, 0.2) is 0 Å². The third kappa shape index (κ3) is 3.94. The van der Waals surface area contributed by atoms with Crippen molar-refractivity contribution >= 4 is 5.91 Å². The van der Waals surface area contributed by atoms with Crippen LogP contribution in [-0.4, -0.2) is 65.7 Å². The summed E-state index contributed by atoms with van der Waals surface area (Å²) < 4.78 is 18.8.